The molecule has 1 aliphatic heterocycles. The summed E-state index contributed by atoms with van der Waals surface area (Å²) in [6.45, 7) is 3.58. The van der Waals surface area contributed by atoms with Gasteiger partial charge in [-0.1, -0.05) is 41.9 Å². The lowest BCUT2D eigenvalue weighted by Crippen LogP contribution is -2.31. The van der Waals surface area contributed by atoms with Crippen molar-refractivity contribution in [1.82, 2.24) is 0 Å². The number of hydrogen-bond acceptors (Lipinski definition) is 5. The number of para-hydroxylation sites is 1. The van der Waals surface area contributed by atoms with E-state index >= 15 is 0 Å². The predicted molar refractivity (Wildman–Crippen MR) is 131 cm³/mol. The molecule has 0 radical (unpaired) electrons. The zero-order valence-electron chi connectivity index (χ0n) is 18.6. The molecule has 34 heavy (non-hydrogen) atoms. The zero-order chi connectivity index (χ0) is 24.5. The molecule has 0 aliphatic carbocycles. The van der Waals surface area contributed by atoms with Gasteiger partial charge in [0.05, 0.1) is 16.1 Å². The molecular weight excluding hydrogens is 476 g/mol. The van der Waals surface area contributed by atoms with Gasteiger partial charge in [0.25, 0.3) is 15.9 Å². The summed E-state index contributed by atoms with van der Waals surface area (Å²) in [4.78, 5) is 25.2. The lowest BCUT2D eigenvalue weighted by atomic mass is 10.2. The monoisotopic (exact) mass is 498 g/mol. The minimum absolute atomic E-state index is 0.0229. The maximum atomic E-state index is 13.3. The van der Waals surface area contributed by atoms with Crippen molar-refractivity contribution in [1.29, 1.82) is 0 Å². The highest BCUT2D eigenvalue weighted by Gasteiger charge is 2.31. The molecule has 9 heteroatoms. The summed E-state index contributed by atoms with van der Waals surface area (Å²) in [6.07, 6.45) is -0.493. The molecule has 0 bridgehead atoms. The summed E-state index contributed by atoms with van der Waals surface area (Å²) in [5.41, 5.74) is 2.94. The minimum Gasteiger partial charge on any atom is -0.449 e. The molecule has 1 heterocycles. The number of sulfonamides is 1. The van der Waals surface area contributed by atoms with E-state index in [1.54, 1.807) is 30.3 Å². The van der Waals surface area contributed by atoms with E-state index in [1.807, 2.05) is 19.1 Å². The van der Waals surface area contributed by atoms with Crippen LogP contribution in [0.1, 0.15) is 28.4 Å². The molecule has 0 saturated heterocycles. The molecule has 0 saturated carbocycles. The second-order valence-electron chi connectivity index (χ2n) is 7.98. The molecule has 4 rings (SSSR count). The van der Waals surface area contributed by atoms with Crippen molar-refractivity contribution in [2.45, 2.75) is 31.3 Å². The van der Waals surface area contributed by atoms with Gasteiger partial charge in [0.2, 0.25) is 0 Å². The molecule has 0 spiro atoms. The number of nitrogens with zero attached hydrogens (tertiary/aromatic N) is 1. The van der Waals surface area contributed by atoms with Crippen LogP contribution in [-0.2, 0) is 26.0 Å². The predicted octanol–water partition coefficient (Wildman–Crippen LogP) is 4.58. The fourth-order valence-corrected chi connectivity index (χ4v) is 5.44. The molecule has 0 fully saturated rings. The van der Waals surface area contributed by atoms with E-state index in [2.05, 4.69) is 5.32 Å². The Kier molecular flexibility index (Phi) is 6.63. The van der Waals surface area contributed by atoms with Gasteiger partial charge in [-0.2, -0.15) is 0 Å². The number of rotatable bonds is 6. The highest BCUT2D eigenvalue weighted by atomic mass is 35.5. The number of aryl methyl sites for hydroxylation is 1. The SMILES string of the molecule is Cc1ccc(Cl)cc1NC(=O)C(C)OC(=O)c1cccc(S(=O)(=O)N2CCc3ccccc32)c1. The minimum atomic E-state index is -3.87. The van der Waals surface area contributed by atoms with Gasteiger partial charge in [-0.25, -0.2) is 13.2 Å². The first-order chi connectivity index (χ1) is 16.2. The molecule has 3 aromatic rings. The average molecular weight is 499 g/mol. The zero-order valence-corrected chi connectivity index (χ0v) is 20.2. The standard InChI is InChI=1S/C25H23ClN2O5S/c1-16-10-11-20(26)15-22(16)27-24(29)17(2)33-25(30)19-7-5-8-21(14-19)34(31,32)28-13-12-18-6-3-4-9-23(18)28/h3-11,14-15,17H,12-13H2,1-2H3,(H,27,29). The Morgan fingerprint density at radius 1 is 1.06 bits per heavy atom. The van der Waals surface area contributed by atoms with Gasteiger partial charge in [0.15, 0.2) is 6.10 Å². The number of carbonyl (C=O) groups excluding carboxylic acids is 2. The van der Waals surface area contributed by atoms with Crippen LogP contribution in [0.4, 0.5) is 11.4 Å². The lowest BCUT2D eigenvalue weighted by molar-refractivity contribution is -0.123. The molecule has 1 atom stereocenters. The van der Waals surface area contributed by atoms with Crippen molar-refractivity contribution >= 4 is 44.9 Å². The second kappa shape index (κ2) is 9.48. The van der Waals surface area contributed by atoms with Crippen molar-refractivity contribution in [2.24, 2.45) is 0 Å². The molecule has 0 aromatic heterocycles. The molecule has 1 aliphatic rings. The van der Waals surface area contributed by atoms with Crippen LogP contribution in [0.3, 0.4) is 0 Å². The van der Waals surface area contributed by atoms with Crippen LogP contribution < -0.4 is 9.62 Å². The first kappa shape index (κ1) is 23.8. The molecule has 7 nitrogen and oxygen atoms in total. The van der Waals surface area contributed by atoms with E-state index in [0.29, 0.717) is 29.4 Å². The number of halogens is 1. The number of ether oxygens (including phenoxy) is 1. The van der Waals surface area contributed by atoms with E-state index < -0.39 is 28.0 Å². The number of hydrogen-bond donors (Lipinski definition) is 1. The first-order valence-electron chi connectivity index (χ1n) is 10.7. The third-order valence-electron chi connectivity index (χ3n) is 5.61. The van der Waals surface area contributed by atoms with Gasteiger partial charge in [-0.15, -0.1) is 0 Å². The summed E-state index contributed by atoms with van der Waals surface area (Å²) in [6, 6.07) is 18.0. The van der Waals surface area contributed by atoms with E-state index in [9.17, 15) is 18.0 Å². The third-order valence-corrected chi connectivity index (χ3v) is 7.66. The Morgan fingerprint density at radius 3 is 2.62 bits per heavy atom. The van der Waals surface area contributed by atoms with Crippen molar-refractivity contribution in [2.75, 3.05) is 16.2 Å². The number of benzene rings is 3. The van der Waals surface area contributed by atoms with Gasteiger partial charge >= 0.3 is 5.97 Å². The fourth-order valence-electron chi connectivity index (χ4n) is 3.71. The number of fused-ring (bicyclic) bond motifs is 1. The summed E-state index contributed by atoms with van der Waals surface area (Å²) >= 11 is 5.98. The van der Waals surface area contributed by atoms with Crippen LogP contribution in [0.2, 0.25) is 5.02 Å². The van der Waals surface area contributed by atoms with E-state index in [-0.39, 0.29) is 10.5 Å². The average Bonchev–Trinajstić information content (AvgIpc) is 3.26. The number of anilines is 2. The van der Waals surface area contributed by atoms with Gasteiger partial charge in [0, 0.05) is 17.3 Å². The fraction of sp³-hybridized carbons (Fsp3) is 0.200. The van der Waals surface area contributed by atoms with Crippen LogP contribution in [0.5, 0.6) is 0 Å². The molecule has 176 valence electrons. The van der Waals surface area contributed by atoms with Crippen LogP contribution in [0.15, 0.2) is 71.6 Å². The summed E-state index contributed by atoms with van der Waals surface area (Å²) < 4.78 is 33.2. The van der Waals surface area contributed by atoms with Gasteiger partial charge in [0.1, 0.15) is 0 Å². The molecule has 3 aromatic carbocycles. The number of esters is 1. The van der Waals surface area contributed by atoms with Crippen molar-refractivity contribution in [3.63, 3.8) is 0 Å². The first-order valence-corrected chi connectivity index (χ1v) is 12.5. The summed E-state index contributed by atoms with van der Waals surface area (Å²) in [7, 11) is -3.87. The smallest absolute Gasteiger partial charge is 0.338 e. The van der Waals surface area contributed by atoms with Crippen molar-refractivity contribution < 1.29 is 22.7 Å². The summed E-state index contributed by atoms with van der Waals surface area (Å²) in [5, 5.41) is 3.15. The van der Waals surface area contributed by atoms with Crippen molar-refractivity contribution in [3.05, 3.63) is 88.4 Å². The molecule has 1 unspecified atom stereocenters. The van der Waals surface area contributed by atoms with Crippen molar-refractivity contribution in [3.8, 4) is 0 Å². The normalized spacial score (nSPS) is 13.8. The quantitative estimate of drug-likeness (QED) is 0.502. The van der Waals surface area contributed by atoms with E-state index in [1.165, 1.54) is 35.5 Å². The number of amides is 1. The van der Waals surface area contributed by atoms with E-state index in [4.69, 9.17) is 16.3 Å². The number of carbonyl (C=O) groups is 2. The van der Waals surface area contributed by atoms with E-state index in [0.717, 1.165) is 11.1 Å². The van der Waals surface area contributed by atoms with Crippen LogP contribution >= 0.6 is 11.6 Å². The lowest BCUT2D eigenvalue weighted by Gasteiger charge is -2.20. The summed E-state index contributed by atoms with van der Waals surface area (Å²) in [5.74, 6) is -1.33. The highest BCUT2D eigenvalue weighted by Crippen LogP contribution is 2.32. The Morgan fingerprint density at radius 2 is 1.82 bits per heavy atom. The largest absolute Gasteiger partial charge is 0.449 e. The Bertz CT molecular complexity index is 1370. The van der Waals surface area contributed by atoms with Crippen LogP contribution in [0.25, 0.3) is 0 Å². The van der Waals surface area contributed by atoms with Gasteiger partial charge < -0.3 is 10.1 Å². The van der Waals surface area contributed by atoms with Gasteiger partial charge in [-0.3, -0.25) is 9.10 Å². The van der Waals surface area contributed by atoms with Crippen LogP contribution in [0, 0.1) is 6.92 Å². The topological polar surface area (TPSA) is 92.8 Å². The van der Waals surface area contributed by atoms with Gasteiger partial charge in [-0.05, 0) is 67.8 Å². The maximum Gasteiger partial charge on any atom is 0.338 e. The van der Waals surface area contributed by atoms with Crippen LogP contribution in [-0.4, -0.2) is 32.9 Å². The Hall–Kier alpha value is -3.36. The molecular formula is C25H23ClN2O5S. The molecule has 1 N–H and O–H groups in total. The Balaban J connectivity index is 1.49. The molecule has 1 amide bonds. The Labute approximate surface area is 203 Å². The highest BCUT2D eigenvalue weighted by molar-refractivity contribution is 7.92. The third kappa shape index (κ3) is 4.78. The number of nitrogens with one attached hydrogen (secondary N) is 1. The maximum absolute atomic E-state index is 13.3. The second-order valence-corrected chi connectivity index (χ2v) is 10.3.